The van der Waals surface area contributed by atoms with Crippen LogP contribution in [-0.2, 0) is 12.2 Å². The molecule has 0 amide bonds. The van der Waals surface area contributed by atoms with Crippen LogP contribution >= 0.6 is 15.9 Å². The normalized spacial score (nSPS) is 15.9. The zero-order valence-electron chi connectivity index (χ0n) is 20.8. The van der Waals surface area contributed by atoms with Crippen molar-refractivity contribution in [2.45, 2.75) is 46.8 Å². The van der Waals surface area contributed by atoms with Crippen molar-refractivity contribution in [1.29, 1.82) is 0 Å². The Labute approximate surface area is 217 Å². The number of pyridine rings is 3. The third kappa shape index (κ3) is 5.32. The fourth-order valence-electron chi connectivity index (χ4n) is 3.96. The van der Waals surface area contributed by atoms with Crippen molar-refractivity contribution in [3.63, 3.8) is 0 Å². The van der Waals surface area contributed by atoms with Gasteiger partial charge in [-0.1, -0.05) is 13.0 Å². The van der Waals surface area contributed by atoms with Crippen molar-refractivity contribution in [2.75, 3.05) is 6.54 Å². The Balaban J connectivity index is 1.70. The van der Waals surface area contributed by atoms with Gasteiger partial charge in [-0.2, -0.15) is 0 Å². The fraction of sp³-hybridized carbons (Fsp3) is 0.333. The minimum atomic E-state index is -1.09. The number of hydrogen-bond donors (Lipinski definition) is 1. The van der Waals surface area contributed by atoms with Crippen LogP contribution in [0.25, 0.3) is 5.70 Å². The molecule has 1 aliphatic heterocycles. The Morgan fingerprint density at radius 3 is 2.67 bits per heavy atom. The summed E-state index contributed by atoms with van der Waals surface area (Å²) in [7, 11) is 0. The summed E-state index contributed by atoms with van der Waals surface area (Å²) in [5, 5.41) is 10.4. The van der Waals surface area contributed by atoms with Crippen LogP contribution in [0.15, 0.2) is 56.9 Å². The number of ether oxygens (including phenoxy) is 1. The molecule has 0 saturated carbocycles. The van der Waals surface area contributed by atoms with E-state index in [1.54, 1.807) is 30.5 Å². The van der Waals surface area contributed by atoms with Crippen LogP contribution in [0.5, 0.6) is 5.75 Å². The molecule has 0 bridgehead atoms. The van der Waals surface area contributed by atoms with E-state index < -0.39 is 11.4 Å². The van der Waals surface area contributed by atoms with E-state index in [0.717, 1.165) is 17.5 Å². The summed E-state index contributed by atoms with van der Waals surface area (Å²) < 4.78 is 20.9. The molecule has 3 aromatic heterocycles. The fourth-order valence-corrected chi connectivity index (χ4v) is 4.37. The summed E-state index contributed by atoms with van der Waals surface area (Å²) in [4.78, 5) is 26.8. The molecule has 4 heterocycles. The predicted octanol–water partition coefficient (Wildman–Crippen LogP) is 4.94. The number of aliphatic hydroxyl groups is 1. The Hall–Kier alpha value is -3.17. The molecule has 4 rings (SSSR count). The number of aromatic nitrogens is 3. The number of allylic oxidation sites excluding steroid dienone is 1. The summed E-state index contributed by atoms with van der Waals surface area (Å²) in [6.07, 6.45) is 3.02. The number of aryl methyl sites for hydroxylation is 2. The minimum Gasteiger partial charge on any atom is -0.486 e. The standard InChI is InChI=1S/C27H28BrFN4O3/c1-15-6-9-23(27(4,5)35)32-25(15)20-11-21(16(2)12-31-20)33-17(3)10-22(24(28)26(33)34)36-14-19-8-7-18(29)13-30-19/h6-11,13,16,35H,12,14H2,1-5H3/t16-/m1/s1. The van der Waals surface area contributed by atoms with Gasteiger partial charge >= 0.3 is 0 Å². The summed E-state index contributed by atoms with van der Waals surface area (Å²) in [5.41, 5.74) is 3.51. The van der Waals surface area contributed by atoms with E-state index in [9.17, 15) is 14.3 Å². The van der Waals surface area contributed by atoms with Gasteiger partial charge in [-0.15, -0.1) is 0 Å². The van der Waals surface area contributed by atoms with Crippen LogP contribution in [0.4, 0.5) is 4.39 Å². The van der Waals surface area contributed by atoms with Gasteiger partial charge in [0.15, 0.2) is 0 Å². The van der Waals surface area contributed by atoms with Crippen molar-refractivity contribution < 1.29 is 14.2 Å². The number of hydrogen-bond acceptors (Lipinski definition) is 6. The highest BCUT2D eigenvalue weighted by Crippen LogP contribution is 2.29. The molecule has 0 unspecified atom stereocenters. The van der Waals surface area contributed by atoms with Gasteiger partial charge in [0.25, 0.3) is 5.56 Å². The molecule has 7 nitrogen and oxygen atoms in total. The first-order chi connectivity index (χ1) is 17.0. The first-order valence-electron chi connectivity index (χ1n) is 11.6. The smallest absolute Gasteiger partial charge is 0.273 e. The second kappa shape index (κ2) is 10.1. The number of dihydropyridines is 1. The first kappa shape index (κ1) is 25.9. The quantitative estimate of drug-likeness (QED) is 0.466. The Kier molecular flexibility index (Phi) is 7.24. The molecule has 0 aromatic carbocycles. The van der Waals surface area contributed by atoms with E-state index >= 15 is 0 Å². The second-order valence-corrected chi connectivity index (χ2v) is 10.3. The molecular formula is C27H28BrFN4O3. The maximum atomic E-state index is 13.4. The summed E-state index contributed by atoms with van der Waals surface area (Å²) in [6.45, 7) is 9.78. The van der Waals surface area contributed by atoms with Crippen LogP contribution in [0, 0.1) is 25.6 Å². The molecule has 1 N–H and O–H groups in total. The molecule has 0 radical (unpaired) electrons. The predicted molar refractivity (Wildman–Crippen MR) is 141 cm³/mol. The number of halogens is 2. The van der Waals surface area contributed by atoms with Crippen LogP contribution in [0.3, 0.4) is 0 Å². The van der Waals surface area contributed by atoms with Gasteiger partial charge in [-0.25, -0.2) is 9.37 Å². The van der Waals surface area contributed by atoms with E-state index in [0.29, 0.717) is 40.8 Å². The Morgan fingerprint density at radius 2 is 2.00 bits per heavy atom. The molecule has 0 spiro atoms. The highest BCUT2D eigenvalue weighted by atomic mass is 79.9. The summed E-state index contributed by atoms with van der Waals surface area (Å²) in [6, 6.07) is 8.36. The van der Waals surface area contributed by atoms with Crippen LogP contribution in [0.2, 0.25) is 0 Å². The summed E-state index contributed by atoms with van der Waals surface area (Å²) >= 11 is 3.40. The third-order valence-electron chi connectivity index (χ3n) is 6.01. The average molecular weight is 555 g/mol. The molecule has 0 saturated heterocycles. The highest BCUT2D eigenvalue weighted by Gasteiger charge is 2.25. The molecule has 36 heavy (non-hydrogen) atoms. The van der Waals surface area contributed by atoms with E-state index in [1.165, 1.54) is 12.1 Å². The van der Waals surface area contributed by atoms with E-state index in [4.69, 9.17) is 9.73 Å². The minimum absolute atomic E-state index is 0.00925. The topological polar surface area (TPSA) is 89.6 Å². The lowest BCUT2D eigenvalue weighted by Crippen LogP contribution is -2.29. The van der Waals surface area contributed by atoms with Crippen molar-refractivity contribution in [1.82, 2.24) is 14.5 Å². The molecule has 3 aromatic rings. The van der Waals surface area contributed by atoms with E-state index in [1.807, 2.05) is 32.9 Å². The van der Waals surface area contributed by atoms with Crippen molar-refractivity contribution in [3.05, 3.63) is 91.6 Å². The van der Waals surface area contributed by atoms with Crippen LogP contribution < -0.4 is 10.3 Å². The van der Waals surface area contributed by atoms with Gasteiger partial charge < -0.3 is 9.84 Å². The molecule has 0 fully saturated rings. The number of nitrogens with zero attached hydrogens (tertiary/aromatic N) is 4. The van der Waals surface area contributed by atoms with Gasteiger partial charge in [0.1, 0.15) is 28.2 Å². The molecule has 1 atom stereocenters. The zero-order valence-corrected chi connectivity index (χ0v) is 22.4. The van der Waals surface area contributed by atoms with E-state index in [2.05, 4.69) is 25.9 Å². The zero-order chi connectivity index (χ0) is 26.2. The molecule has 1 aliphatic rings. The van der Waals surface area contributed by atoms with Crippen molar-refractivity contribution >= 4 is 27.3 Å². The summed E-state index contributed by atoms with van der Waals surface area (Å²) in [5.74, 6) is -0.0495. The van der Waals surface area contributed by atoms with Gasteiger partial charge in [-0.05, 0) is 73.5 Å². The third-order valence-corrected chi connectivity index (χ3v) is 6.74. The molecular weight excluding hydrogens is 527 g/mol. The van der Waals surface area contributed by atoms with Crippen molar-refractivity contribution in [2.24, 2.45) is 10.9 Å². The second-order valence-electron chi connectivity index (χ2n) is 9.48. The van der Waals surface area contributed by atoms with Crippen molar-refractivity contribution in [3.8, 4) is 5.75 Å². The maximum absolute atomic E-state index is 13.4. The SMILES string of the molecule is Cc1ccc(C(C)(C)O)nc1C1=NC[C@@H](C)C(n2c(C)cc(OCc3ccc(F)cn3)c(Br)c2=O)=C1. The lowest BCUT2D eigenvalue weighted by atomic mass is 9.98. The lowest BCUT2D eigenvalue weighted by molar-refractivity contribution is 0.0738. The number of aliphatic imine (C=N–C) groups is 1. The first-order valence-corrected chi connectivity index (χ1v) is 12.4. The lowest BCUT2D eigenvalue weighted by Gasteiger charge is -2.25. The largest absolute Gasteiger partial charge is 0.486 e. The van der Waals surface area contributed by atoms with Gasteiger partial charge in [0, 0.05) is 29.9 Å². The Bertz CT molecular complexity index is 1420. The molecule has 0 aliphatic carbocycles. The molecule has 9 heteroatoms. The monoisotopic (exact) mass is 554 g/mol. The van der Waals surface area contributed by atoms with Crippen LogP contribution in [-0.4, -0.2) is 31.9 Å². The van der Waals surface area contributed by atoms with Gasteiger partial charge in [0.05, 0.1) is 29.0 Å². The highest BCUT2D eigenvalue weighted by molar-refractivity contribution is 9.10. The maximum Gasteiger partial charge on any atom is 0.273 e. The van der Waals surface area contributed by atoms with Crippen LogP contribution in [0.1, 0.15) is 49.1 Å². The Morgan fingerprint density at radius 1 is 1.25 bits per heavy atom. The van der Waals surface area contributed by atoms with Gasteiger partial charge in [0.2, 0.25) is 0 Å². The van der Waals surface area contributed by atoms with E-state index in [-0.39, 0.29) is 22.6 Å². The molecule has 188 valence electrons. The van der Waals surface area contributed by atoms with Gasteiger partial charge in [-0.3, -0.25) is 19.3 Å². The average Bonchev–Trinajstić information content (AvgIpc) is 2.82. The number of rotatable bonds is 6.